The molecule has 1 aliphatic rings. The van der Waals surface area contributed by atoms with Gasteiger partial charge in [-0.1, -0.05) is 54.1 Å². The van der Waals surface area contributed by atoms with Gasteiger partial charge in [-0.3, -0.25) is 9.59 Å². The summed E-state index contributed by atoms with van der Waals surface area (Å²) in [7, 11) is 1.79. The minimum absolute atomic E-state index is 0.0236. The topological polar surface area (TPSA) is 40.6 Å². The number of rotatable bonds is 6. The fourth-order valence-electron chi connectivity index (χ4n) is 3.32. The summed E-state index contributed by atoms with van der Waals surface area (Å²) in [6.45, 7) is 1.69. The Morgan fingerprint density at radius 3 is 2.50 bits per heavy atom. The lowest BCUT2D eigenvalue weighted by molar-refractivity contribution is -0.135. The predicted octanol–water partition coefficient (Wildman–Crippen LogP) is 3.39. The molecule has 0 saturated carbocycles. The van der Waals surface area contributed by atoms with Crippen molar-refractivity contribution in [2.75, 3.05) is 20.1 Å². The lowest BCUT2D eigenvalue weighted by atomic mass is 10.1. The van der Waals surface area contributed by atoms with Gasteiger partial charge in [0.05, 0.1) is 5.92 Å². The zero-order chi connectivity index (χ0) is 18.5. The van der Waals surface area contributed by atoms with Gasteiger partial charge in [-0.25, -0.2) is 0 Å². The van der Waals surface area contributed by atoms with E-state index in [0.717, 1.165) is 12.0 Å². The van der Waals surface area contributed by atoms with Gasteiger partial charge < -0.3 is 9.80 Å². The molecule has 26 heavy (non-hydrogen) atoms. The molecule has 3 rings (SSSR count). The van der Waals surface area contributed by atoms with Crippen molar-refractivity contribution < 1.29 is 9.59 Å². The van der Waals surface area contributed by atoms with E-state index in [4.69, 9.17) is 11.6 Å². The molecule has 0 bridgehead atoms. The maximum atomic E-state index is 12.7. The van der Waals surface area contributed by atoms with Crippen LogP contribution in [0.5, 0.6) is 0 Å². The smallest absolute Gasteiger partial charge is 0.228 e. The molecule has 1 saturated heterocycles. The largest absolute Gasteiger partial charge is 0.342 e. The molecule has 1 heterocycles. The highest BCUT2D eigenvalue weighted by Crippen LogP contribution is 2.21. The molecule has 0 radical (unpaired) electrons. The first-order valence-corrected chi connectivity index (χ1v) is 9.22. The van der Waals surface area contributed by atoms with Gasteiger partial charge in [0.15, 0.2) is 0 Å². The molecule has 136 valence electrons. The summed E-state index contributed by atoms with van der Waals surface area (Å²) in [5, 5.41) is 0.679. The molecule has 0 aromatic heterocycles. The summed E-state index contributed by atoms with van der Waals surface area (Å²) in [6.07, 6.45) is 1.12. The van der Waals surface area contributed by atoms with E-state index in [-0.39, 0.29) is 17.7 Å². The maximum Gasteiger partial charge on any atom is 0.228 e. The van der Waals surface area contributed by atoms with Crippen molar-refractivity contribution >= 4 is 23.4 Å². The monoisotopic (exact) mass is 370 g/mol. The third-order valence-corrected chi connectivity index (χ3v) is 5.04. The number of nitrogens with zero attached hydrogens (tertiary/aromatic N) is 2. The zero-order valence-corrected chi connectivity index (χ0v) is 15.7. The maximum absolute atomic E-state index is 12.7. The van der Waals surface area contributed by atoms with Crippen molar-refractivity contribution in [1.29, 1.82) is 0 Å². The molecule has 4 nitrogen and oxygen atoms in total. The van der Waals surface area contributed by atoms with E-state index in [9.17, 15) is 9.59 Å². The Balaban J connectivity index is 1.53. The van der Waals surface area contributed by atoms with Crippen LogP contribution in [-0.4, -0.2) is 41.8 Å². The molecule has 1 unspecified atom stereocenters. The highest BCUT2D eigenvalue weighted by molar-refractivity contribution is 6.30. The van der Waals surface area contributed by atoms with E-state index < -0.39 is 0 Å². The summed E-state index contributed by atoms with van der Waals surface area (Å²) < 4.78 is 0. The molecule has 2 amide bonds. The Labute approximate surface area is 159 Å². The molecule has 5 heteroatoms. The standard InChI is InChI=1S/C21H23ClN2O2/c1-23(14-17-7-9-19(22)10-8-17)21(26)18-13-20(25)24(15-18)12-11-16-5-3-2-4-6-16/h2-10,18H,11-15H2,1H3. The van der Waals surface area contributed by atoms with Crippen molar-refractivity contribution in [2.24, 2.45) is 5.92 Å². The van der Waals surface area contributed by atoms with Crippen LogP contribution in [0.4, 0.5) is 0 Å². The summed E-state index contributed by atoms with van der Waals surface area (Å²) in [6, 6.07) is 17.6. The molecule has 1 atom stereocenters. The van der Waals surface area contributed by atoms with E-state index in [2.05, 4.69) is 12.1 Å². The van der Waals surface area contributed by atoms with Crippen molar-refractivity contribution in [3.8, 4) is 0 Å². The van der Waals surface area contributed by atoms with Crippen LogP contribution in [0.25, 0.3) is 0 Å². The van der Waals surface area contributed by atoms with E-state index in [1.165, 1.54) is 5.56 Å². The normalized spacial score (nSPS) is 16.8. The van der Waals surface area contributed by atoms with Crippen LogP contribution in [0, 0.1) is 5.92 Å². The molecular formula is C21H23ClN2O2. The first-order valence-electron chi connectivity index (χ1n) is 8.84. The number of benzene rings is 2. The third kappa shape index (κ3) is 4.64. The highest BCUT2D eigenvalue weighted by Gasteiger charge is 2.35. The second-order valence-corrected chi connectivity index (χ2v) is 7.23. The van der Waals surface area contributed by atoms with E-state index in [0.29, 0.717) is 31.1 Å². The van der Waals surface area contributed by atoms with Gasteiger partial charge in [0.2, 0.25) is 11.8 Å². The van der Waals surface area contributed by atoms with Gasteiger partial charge in [-0.15, -0.1) is 0 Å². The Kier molecular flexibility index (Phi) is 5.94. The minimum Gasteiger partial charge on any atom is -0.342 e. The highest BCUT2D eigenvalue weighted by atomic mass is 35.5. The van der Waals surface area contributed by atoms with Crippen molar-refractivity contribution in [2.45, 2.75) is 19.4 Å². The molecule has 0 aliphatic carbocycles. The zero-order valence-electron chi connectivity index (χ0n) is 14.9. The van der Waals surface area contributed by atoms with Crippen LogP contribution >= 0.6 is 11.6 Å². The second kappa shape index (κ2) is 8.37. The molecule has 1 aliphatic heterocycles. The Bertz CT molecular complexity index is 761. The number of hydrogen-bond donors (Lipinski definition) is 0. The molecule has 2 aromatic carbocycles. The molecule has 0 N–H and O–H groups in total. The minimum atomic E-state index is -0.254. The van der Waals surface area contributed by atoms with Gasteiger partial charge in [0.25, 0.3) is 0 Å². The molecule has 2 aromatic rings. The van der Waals surface area contributed by atoms with Gasteiger partial charge >= 0.3 is 0 Å². The number of amides is 2. The first-order chi connectivity index (χ1) is 12.5. The van der Waals surface area contributed by atoms with Gasteiger partial charge in [-0.05, 0) is 29.7 Å². The van der Waals surface area contributed by atoms with Crippen molar-refractivity contribution in [3.63, 3.8) is 0 Å². The molecule has 1 fully saturated rings. The quantitative estimate of drug-likeness (QED) is 0.782. The number of carbonyl (C=O) groups is 2. The van der Waals surface area contributed by atoms with Gasteiger partial charge in [0, 0.05) is 38.1 Å². The fraction of sp³-hybridized carbons (Fsp3) is 0.333. The number of halogens is 1. The summed E-state index contributed by atoms with van der Waals surface area (Å²) in [4.78, 5) is 28.5. The van der Waals surface area contributed by atoms with Crippen LogP contribution in [0.2, 0.25) is 5.02 Å². The summed E-state index contributed by atoms with van der Waals surface area (Å²) in [5.41, 5.74) is 2.23. The Morgan fingerprint density at radius 2 is 1.81 bits per heavy atom. The van der Waals surface area contributed by atoms with E-state index >= 15 is 0 Å². The number of hydrogen-bond acceptors (Lipinski definition) is 2. The fourth-order valence-corrected chi connectivity index (χ4v) is 3.44. The number of carbonyl (C=O) groups excluding carboxylic acids is 2. The SMILES string of the molecule is CN(Cc1ccc(Cl)cc1)C(=O)C1CC(=O)N(CCc2ccccc2)C1. The predicted molar refractivity (Wildman–Crippen MR) is 103 cm³/mol. The van der Waals surface area contributed by atoms with Crippen LogP contribution in [0.3, 0.4) is 0 Å². The second-order valence-electron chi connectivity index (χ2n) is 6.80. The van der Waals surface area contributed by atoms with Crippen LogP contribution in [-0.2, 0) is 22.6 Å². The van der Waals surface area contributed by atoms with Crippen LogP contribution in [0.1, 0.15) is 17.5 Å². The van der Waals surface area contributed by atoms with Crippen molar-refractivity contribution in [3.05, 3.63) is 70.7 Å². The average Bonchev–Trinajstić information content (AvgIpc) is 3.03. The third-order valence-electron chi connectivity index (χ3n) is 4.79. The van der Waals surface area contributed by atoms with Gasteiger partial charge in [-0.2, -0.15) is 0 Å². The Hall–Kier alpha value is -2.33. The summed E-state index contributed by atoms with van der Waals surface area (Å²) in [5.74, 6) is -0.162. The first kappa shape index (κ1) is 18.5. The van der Waals surface area contributed by atoms with Crippen LogP contribution in [0.15, 0.2) is 54.6 Å². The van der Waals surface area contributed by atoms with Crippen molar-refractivity contribution in [1.82, 2.24) is 9.80 Å². The molecular weight excluding hydrogens is 348 g/mol. The van der Waals surface area contributed by atoms with E-state index in [1.807, 2.05) is 47.4 Å². The lowest BCUT2D eigenvalue weighted by Crippen LogP contribution is -2.34. The average molecular weight is 371 g/mol. The summed E-state index contributed by atoms with van der Waals surface area (Å²) >= 11 is 5.90. The number of likely N-dealkylation sites (tertiary alicyclic amines) is 1. The molecule has 0 spiro atoms. The lowest BCUT2D eigenvalue weighted by Gasteiger charge is -2.21. The van der Waals surface area contributed by atoms with Crippen LogP contribution < -0.4 is 0 Å². The van der Waals surface area contributed by atoms with Gasteiger partial charge in [0.1, 0.15) is 0 Å². The Morgan fingerprint density at radius 1 is 1.12 bits per heavy atom. The van der Waals surface area contributed by atoms with E-state index in [1.54, 1.807) is 11.9 Å².